The Balaban J connectivity index is 1.23. The van der Waals surface area contributed by atoms with Gasteiger partial charge in [0, 0.05) is 36.7 Å². The summed E-state index contributed by atoms with van der Waals surface area (Å²) in [6, 6.07) is 7.37. The summed E-state index contributed by atoms with van der Waals surface area (Å²) in [5.41, 5.74) is 3.90. The molecule has 2 saturated heterocycles. The fourth-order valence-electron chi connectivity index (χ4n) is 5.29. The van der Waals surface area contributed by atoms with Gasteiger partial charge in [0.2, 0.25) is 5.91 Å². The first-order chi connectivity index (χ1) is 15.0. The van der Waals surface area contributed by atoms with Crippen LogP contribution in [0, 0.1) is 12.3 Å². The quantitative estimate of drug-likeness (QED) is 0.765. The number of aromatic nitrogens is 1. The van der Waals surface area contributed by atoms with Crippen LogP contribution in [0.1, 0.15) is 52.4 Å². The lowest BCUT2D eigenvalue weighted by Gasteiger charge is -2.38. The Morgan fingerprint density at radius 1 is 1.10 bits per heavy atom. The van der Waals surface area contributed by atoms with E-state index in [9.17, 15) is 14.7 Å². The number of β-amino-alcohol motifs (C(OH)–C–C–N with tert-alkyl or cyclic N) is 1. The molecule has 1 spiro atoms. The van der Waals surface area contributed by atoms with Crippen LogP contribution in [0.15, 0.2) is 36.7 Å². The highest BCUT2D eigenvalue weighted by Crippen LogP contribution is 2.43. The number of amides is 1. The number of hydrogen-bond donors (Lipinski definition) is 1. The Kier molecular flexibility index (Phi) is 5.02. The SMILES string of the molecule is Cc1c(C(O)CN2CCC3(CC2)CCN(c2ccncc2)C3=O)ccc2c1COC2=O. The number of carbonyl (C=O) groups excluding carboxylic acids is 2. The molecule has 1 amide bonds. The standard InChI is InChI=1S/C24H27N3O4/c1-16-18(2-3-19-20(16)15-31-22(19)29)21(28)14-26-11-6-24(7-12-26)8-13-27(23(24)30)17-4-9-25-10-5-17/h2-5,9-10,21,28H,6-8,11-15H2,1H3. The van der Waals surface area contributed by atoms with Crippen LogP contribution in [0.5, 0.6) is 0 Å². The van der Waals surface area contributed by atoms with Crippen LogP contribution in [-0.4, -0.2) is 53.0 Å². The highest BCUT2D eigenvalue weighted by molar-refractivity contribution is 6.00. The van der Waals surface area contributed by atoms with Crippen LogP contribution < -0.4 is 4.90 Å². The lowest BCUT2D eigenvalue weighted by atomic mass is 9.77. The average molecular weight is 421 g/mol. The third-order valence-electron chi connectivity index (χ3n) is 7.30. The first-order valence-corrected chi connectivity index (χ1v) is 10.9. The molecule has 5 rings (SSSR count). The van der Waals surface area contributed by atoms with E-state index in [0.29, 0.717) is 12.1 Å². The molecule has 4 heterocycles. The zero-order chi connectivity index (χ0) is 21.6. The van der Waals surface area contributed by atoms with Gasteiger partial charge >= 0.3 is 5.97 Å². The van der Waals surface area contributed by atoms with Gasteiger partial charge in [-0.25, -0.2) is 4.79 Å². The third kappa shape index (κ3) is 3.42. The van der Waals surface area contributed by atoms with Crippen LogP contribution in [0.25, 0.3) is 0 Å². The molecule has 2 aromatic rings. The number of nitrogens with zero attached hydrogens (tertiary/aromatic N) is 3. The Bertz CT molecular complexity index is 1010. The van der Waals surface area contributed by atoms with Crippen molar-refractivity contribution in [1.29, 1.82) is 0 Å². The molecule has 0 radical (unpaired) electrons. The number of carbonyl (C=O) groups is 2. The molecule has 162 valence electrons. The van der Waals surface area contributed by atoms with E-state index < -0.39 is 6.10 Å². The van der Waals surface area contributed by atoms with E-state index >= 15 is 0 Å². The summed E-state index contributed by atoms with van der Waals surface area (Å²) in [4.78, 5) is 33.1. The van der Waals surface area contributed by atoms with Gasteiger partial charge in [0.1, 0.15) is 6.61 Å². The number of likely N-dealkylation sites (tertiary alicyclic amines) is 1. The number of esters is 1. The van der Waals surface area contributed by atoms with E-state index in [-0.39, 0.29) is 23.9 Å². The minimum Gasteiger partial charge on any atom is -0.457 e. The fourth-order valence-corrected chi connectivity index (χ4v) is 5.29. The van der Waals surface area contributed by atoms with Gasteiger partial charge in [-0.05, 0) is 68.6 Å². The van der Waals surface area contributed by atoms with E-state index in [1.165, 1.54) is 0 Å². The molecular formula is C24H27N3O4. The van der Waals surface area contributed by atoms with Crippen LogP contribution >= 0.6 is 0 Å². The third-order valence-corrected chi connectivity index (χ3v) is 7.30. The molecule has 31 heavy (non-hydrogen) atoms. The summed E-state index contributed by atoms with van der Waals surface area (Å²) in [5.74, 6) is -0.0689. The maximum atomic E-state index is 13.2. The number of rotatable bonds is 4. The van der Waals surface area contributed by atoms with Crippen molar-refractivity contribution >= 4 is 17.6 Å². The lowest BCUT2D eigenvalue weighted by Crippen LogP contribution is -2.45. The van der Waals surface area contributed by atoms with Crippen LogP contribution in [-0.2, 0) is 16.1 Å². The van der Waals surface area contributed by atoms with Gasteiger partial charge in [0.15, 0.2) is 0 Å². The van der Waals surface area contributed by atoms with E-state index in [0.717, 1.165) is 61.3 Å². The van der Waals surface area contributed by atoms with Crippen molar-refractivity contribution in [2.24, 2.45) is 5.41 Å². The van der Waals surface area contributed by atoms with Crippen molar-refractivity contribution in [3.8, 4) is 0 Å². The second kappa shape index (κ2) is 7.73. The minimum atomic E-state index is -0.636. The van der Waals surface area contributed by atoms with Crippen molar-refractivity contribution < 1.29 is 19.4 Å². The Labute approximate surface area is 181 Å². The van der Waals surface area contributed by atoms with Gasteiger partial charge in [-0.2, -0.15) is 0 Å². The van der Waals surface area contributed by atoms with Gasteiger partial charge < -0.3 is 19.6 Å². The highest BCUT2D eigenvalue weighted by Gasteiger charge is 2.48. The summed E-state index contributed by atoms with van der Waals surface area (Å²) in [7, 11) is 0. The Morgan fingerprint density at radius 2 is 1.81 bits per heavy atom. The summed E-state index contributed by atoms with van der Waals surface area (Å²) in [5, 5.41) is 10.9. The fraction of sp³-hybridized carbons (Fsp3) is 0.458. The van der Waals surface area contributed by atoms with Crippen LogP contribution in [0.4, 0.5) is 5.69 Å². The molecule has 1 atom stereocenters. The number of hydrogen-bond acceptors (Lipinski definition) is 6. The first kappa shape index (κ1) is 20.2. The number of benzene rings is 1. The van der Waals surface area contributed by atoms with Crippen molar-refractivity contribution in [2.45, 2.75) is 38.9 Å². The topological polar surface area (TPSA) is 83.0 Å². The number of anilines is 1. The second-order valence-electron chi connectivity index (χ2n) is 8.89. The van der Waals surface area contributed by atoms with Gasteiger partial charge in [-0.1, -0.05) is 6.07 Å². The Hall–Kier alpha value is -2.77. The smallest absolute Gasteiger partial charge is 0.338 e. The lowest BCUT2D eigenvalue weighted by molar-refractivity contribution is -0.128. The van der Waals surface area contributed by atoms with Crippen LogP contribution in [0.3, 0.4) is 0 Å². The predicted molar refractivity (Wildman–Crippen MR) is 115 cm³/mol. The monoisotopic (exact) mass is 421 g/mol. The number of cyclic esters (lactones) is 1. The molecular weight excluding hydrogens is 394 g/mol. The first-order valence-electron chi connectivity index (χ1n) is 10.9. The number of aliphatic hydroxyl groups is 1. The molecule has 1 aromatic heterocycles. The van der Waals surface area contributed by atoms with Crippen molar-refractivity contribution in [3.63, 3.8) is 0 Å². The summed E-state index contributed by atoms with van der Waals surface area (Å²) in [6.45, 7) is 5.07. The van der Waals surface area contributed by atoms with E-state index in [1.807, 2.05) is 30.0 Å². The second-order valence-corrected chi connectivity index (χ2v) is 8.89. The number of piperidine rings is 1. The summed E-state index contributed by atoms with van der Waals surface area (Å²) >= 11 is 0. The average Bonchev–Trinajstić information content (AvgIpc) is 3.32. The van der Waals surface area contributed by atoms with Crippen molar-refractivity contribution in [1.82, 2.24) is 9.88 Å². The molecule has 3 aliphatic rings. The molecule has 1 N–H and O–H groups in total. The molecule has 3 aliphatic heterocycles. The maximum absolute atomic E-state index is 13.2. The van der Waals surface area contributed by atoms with Gasteiger partial charge in [0.05, 0.1) is 17.1 Å². The van der Waals surface area contributed by atoms with Gasteiger partial charge in [-0.15, -0.1) is 0 Å². The predicted octanol–water partition coefficient (Wildman–Crippen LogP) is 2.61. The largest absolute Gasteiger partial charge is 0.457 e. The van der Waals surface area contributed by atoms with Gasteiger partial charge in [0.25, 0.3) is 0 Å². The summed E-state index contributed by atoms with van der Waals surface area (Å²) < 4.78 is 5.12. The van der Waals surface area contributed by atoms with E-state index in [2.05, 4.69) is 9.88 Å². The molecule has 1 aromatic carbocycles. The Morgan fingerprint density at radius 3 is 2.55 bits per heavy atom. The van der Waals surface area contributed by atoms with Crippen molar-refractivity contribution in [3.05, 3.63) is 58.9 Å². The molecule has 0 aliphatic carbocycles. The van der Waals surface area contributed by atoms with E-state index in [4.69, 9.17) is 4.74 Å². The van der Waals surface area contributed by atoms with Gasteiger partial charge in [-0.3, -0.25) is 9.78 Å². The minimum absolute atomic E-state index is 0.220. The van der Waals surface area contributed by atoms with Crippen LogP contribution in [0.2, 0.25) is 0 Å². The molecule has 1 unspecified atom stereocenters. The number of fused-ring (bicyclic) bond motifs is 1. The molecule has 0 saturated carbocycles. The zero-order valence-corrected chi connectivity index (χ0v) is 17.7. The van der Waals surface area contributed by atoms with Crippen molar-refractivity contribution in [2.75, 3.05) is 31.1 Å². The number of aliphatic hydroxyl groups excluding tert-OH is 1. The molecule has 7 heteroatoms. The maximum Gasteiger partial charge on any atom is 0.338 e. The number of pyridine rings is 1. The van der Waals surface area contributed by atoms with E-state index in [1.54, 1.807) is 18.5 Å². The highest BCUT2D eigenvalue weighted by atomic mass is 16.5. The number of ether oxygens (including phenoxy) is 1. The summed E-state index contributed by atoms with van der Waals surface area (Å²) in [6.07, 6.45) is 5.31. The zero-order valence-electron chi connectivity index (χ0n) is 17.7. The molecule has 0 bridgehead atoms. The molecule has 7 nitrogen and oxygen atoms in total. The molecule has 2 fully saturated rings. The normalized spacial score (nSPS) is 21.4.